The lowest BCUT2D eigenvalue weighted by Gasteiger charge is -2.15. The average Bonchev–Trinajstić information content (AvgIpc) is 2.80. The van der Waals surface area contributed by atoms with Crippen LogP contribution in [0.3, 0.4) is 0 Å². The second-order valence-electron chi connectivity index (χ2n) is 4.33. The van der Waals surface area contributed by atoms with Crippen LogP contribution in [0.15, 0.2) is 30.5 Å². The zero-order valence-corrected chi connectivity index (χ0v) is 10.6. The van der Waals surface area contributed by atoms with Crippen LogP contribution in [0.25, 0.3) is 10.9 Å². The number of carbonyl (C=O) groups excluding carboxylic acids is 2. The zero-order chi connectivity index (χ0) is 13.8. The van der Waals surface area contributed by atoms with Gasteiger partial charge in [0.05, 0.1) is 0 Å². The Bertz CT molecular complexity index is 605. The quantitative estimate of drug-likeness (QED) is 0.359. The predicted molar refractivity (Wildman–Crippen MR) is 71.9 cm³/mol. The van der Waals surface area contributed by atoms with Crippen LogP contribution in [-0.4, -0.2) is 22.8 Å². The molecule has 0 fully saturated rings. The Labute approximate surface area is 110 Å². The summed E-state index contributed by atoms with van der Waals surface area (Å²) in [5.41, 5.74) is 4.02. The minimum absolute atomic E-state index is 0.270. The van der Waals surface area contributed by atoms with E-state index < -0.39 is 11.9 Å². The molecule has 6 nitrogen and oxygen atoms in total. The van der Waals surface area contributed by atoms with Gasteiger partial charge < -0.3 is 10.3 Å². The summed E-state index contributed by atoms with van der Waals surface area (Å²) in [6, 6.07) is 7.10. The molecule has 0 saturated carbocycles. The van der Waals surface area contributed by atoms with Gasteiger partial charge in [-0.1, -0.05) is 18.2 Å². The molecule has 0 aliphatic carbocycles. The Hall–Kier alpha value is -2.34. The maximum atomic E-state index is 11.6. The summed E-state index contributed by atoms with van der Waals surface area (Å²) in [6.07, 6.45) is 2.22. The largest absolute Gasteiger partial charge is 0.361 e. The molecule has 1 aromatic heterocycles. The van der Waals surface area contributed by atoms with Gasteiger partial charge in [0, 0.05) is 30.4 Å². The van der Waals surface area contributed by atoms with Crippen LogP contribution in [0, 0.1) is 0 Å². The molecule has 1 heterocycles. The highest BCUT2D eigenvalue weighted by molar-refractivity contribution is 5.88. The number of nitrogens with two attached hydrogens (primary N) is 1. The van der Waals surface area contributed by atoms with Crippen molar-refractivity contribution in [1.82, 2.24) is 15.7 Å². The van der Waals surface area contributed by atoms with Gasteiger partial charge in [0.15, 0.2) is 0 Å². The van der Waals surface area contributed by atoms with Gasteiger partial charge >= 0.3 is 0 Å². The minimum atomic E-state index is -0.679. The van der Waals surface area contributed by atoms with E-state index in [1.54, 1.807) is 0 Å². The van der Waals surface area contributed by atoms with Crippen LogP contribution in [0.5, 0.6) is 0 Å². The topological polar surface area (TPSA) is 100 Å². The number of hydrogen-bond acceptors (Lipinski definition) is 3. The summed E-state index contributed by atoms with van der Waals surface area (Å²) in [5.74, 6) is 4.45. The fourth-order valence-corrected chi connectivity index (χ4v) is 2.08. The van der Waals surface area contributed by atoms with Crippen LogP contribution < -0.4 is 16.6 Å². The normalized spacial score (nSPS) is 12.1. The number of nitrogens with one attached hydrogen (secondary N) is 3. The molecule has 0 bridgehead atoms. The van der Waals surface area contributed by atoms with Crippen molar-refractivity contribution in [3.63, 3.8) is 0 Å². The van der Waals surface area contributed by atoms with Gasteiger partial charge in [-0.3, -0.25) is 15.0 Å². The SMILES string of the molecule is CC(=O)NC(Cc1c[nH]c2ccccc12)C(=O)NN. The third-order valence-electron chi connectivity index (χ3n) is 2.94. The zero-order valence-electron chi connectivity index (χ0n) is 10.6. The Morgan fingerprint density at radius 3 is 2.79 bits per heavy atom. The second-order valence-corrected chi connectivity index (χ2v) is 4.33. The molecule has 1 aromatic carbocycles. The molecule has 0 saturated heterocycles. The summed E-state index contributed by atoms with van der Waals surface area (Å²) < 4.78 is 0. The lowest BCUT2D eigenvalue weighted by Crippen LogP contribution is -2.49. The third kappa shape index (κ3) is 2.92. The van der Waals surface area contributed by atoms with E-state index >= 15 is 0 Å². The maximum Gasteiger partial charge on any atom is 0.256 e. The standard InChI is InChI=1S/C13H16N4O2/c1-8(18)16-12(13(19)17-14)6-9-7-15-11-5-3-2-4-10(9)11/h2-5,7,12,15H,6,14H2,1H3,(H,16,18)(H,17,19). The molecule has 5 N–H and O–H groups in total. The highest BCUT2D eigenvalue weighted by Crippen LogP contribution is 2.19. The molecule has 19 heavy (non-hydrogen) atoms. The Balaban J connectivity index is 2.25. The van der Waals surface area contributed by atoms with Crippen LogP contribution in [0.2, 0.25) is 0 Å². The van der Waals surface area contributed by atoms with Crippen molar-refractivity contribution in [3.05, 3.63) is 36.0 Å². The van der Waals surface area contributed by atoms with Crippen molar-refractivity contribution < 1.29 is 9.59 Å². The first-order valence-electron chi connectivity index (χ1n) is 5.94. The number of para-hydroxylation sites is 1. The van der Waals surface area contributed by atoms with Crippen molar-refractivity contribution in [1.29, 1.82) is 0 Å². The average molecular weight is 260 g/mol. The van der Waals surface area contributed by atoms with Crippen LogP contribution in [0.4, 0.5) is 0 Å². The van der Waals surface area contributed by atoms with Crippen LogP contribution >= 0.6 is 0 Å². The number of amides is 2. The van der Waals surface area contributed by atoms with Gasteiger partial charge in [0.2, 0.25) is 5.91 Å². The van der Waals surface area contributed by atoms with E-state index in [9.17, 15) is 9.59 Å². The first-order chi connectivity index (χ1) is 9.11. The Kier molecular flexibility index (Phi) is 3.82. The lowest BCUT2D eigenvalue weighted by atomic mass is 10.0. The Morgan fingerprint density at radius 2 is 2.11 bits per heavy atom. The molecule has 1 unspecified atom stereocenters. The van der Waals surface area contributed by atoms with Gasteiger partial charge in [-0.25, -0.2) is 5.84 Å². The number of fused-ring (bicyclic) bond motifs is 1. The molecule has 1 atom stereocenters. The summed E-state index contributed by atoms with van der Waals surface area (Å²) in [6.45, 7) is 1.37. The van der Waals surface area contributed by atoms with E-state index in [0.717, 1.165) is 16.5 Å². The highest BCUT2D eigenvalue weighted by atomic mass is 16.2. The maximum absolute atomic E-state index is 11.6. The van der Waals surface area contributed by atoms with Gasteiger partial charge in [0.25, 0.3) is 5.91 Å². The van der Waals surface area contributed by atoms with E-state index in [2.05, 4.69) is 15.7 Å². The smallest absolute Gasteiger partial charge is 0.256 e. The number of carbonyl (C=O) groups is 2. The van der Waals surface area contributed by atoms with E-state index in [4.69, 9.17) is 5.84 Å². The molecule has 2 amide bonds. The summed E-state index contributed by atoms with van der Waals surface area (Å²) in [4.78, 5) is 25.9. The van der Waals surface area contributed by atoms with Gasteiger partial charge in [-0.2, -0.15) is 0 Å². The molecule has 0 aliphatic heterocycles. The van der Waals surface area contributed by atoms with Gasteiger partial charge in [-0.15, -0.1) is 0 Å². The predicted octanol–water partition coefficient (Wildman–Crippen LogP) is 0.205. The number of aromatic nitrogens is 1. The second kappa shape index (κ2) is 5.53. The van der Waals surface area contributed by atoms with Crippen molar-refractivity contribution >= 4 is 22.7 Å². The van der Waals surface area contributed by atoms with Gasteiger partial charge in [-0.05, 0) is 11.6 Å². The molecule has 0 spiro atoms. The molecular formula is C13H16N4O2. The van der Waals surface area contributed by atoms with E-state index in [1.807, 2.05) is 30.5 Å². The first kappa shape index (κ1) is 13.1. The molecule has 2 aromatic rings. The molecular weight excluding hydrogens is 244 g/mol. The molecule has 0 aliphatic rings. The fourth-order valence-electron chi connectivity index (χ4n) is 2.08. The number of hydrazine groups is 1. The molecule has 100 valence electrons. The number of aromatic amines is 1. The monoisotopic (exact) mass is 260 g/mol. The number of rotatable bonds is 4. The number of hydrogen-bond donors (Lipinski definition) is 4. The minimum Gasteiger partial charge on any atom is -0.361 e. The van der Waals surface area contributed by atoms with E-state index in [1.165, 1.54) is 6.92 Å². The van der Waals surface area contributed by atoms with Gasteiger partial charge in [0.1, 0.15) is 6.04 Å². The lowest BCUT2D eigenvalue weighted by molar-refractivity contribution is -0.128. The van der Waals surface area contributed by atoms with Crippen molar-refractivity contribution in [2.45, 2.75) is 19.4 Å². The summed E-state index contributed by atoms with van der Waals surface area (Å²) in [5, 5.41) is 3.62. The fraction of sp³-hybridized carbons (Fsp3) is 0.231. The molecule has 2 rings (SSSR count). The Morgan fingerprint density at radius 1 is 1.37 bits per heavy atom. The summed E-state index contributed by atoms with van der Waals surface area (Å²) in [7, 11) is 0. The highest BCUT2D eigenvalue weighted by Gasteiger charge is 2.20. The van der Waals surface area contributed by atoms with Crippen molar-refractivity contribution in [3.8, 4) is 0 Å². The van der Waals surface area contributed by atoms with Crippen LogP contribution in [0.1, 0.15) is 12.5 Å². The summed E-state index contributed by atoms with van der Waals surface area (Å²) >= 11 is 0. The van der Waals surface area contributed by atoms with Crippen LogP contribution in [-0.2, 0) is 16.0 Å². The number of benzene rings is 1. The molecule has 0 radical (unpaired) electrons. The molecule has 6 heteroatoms. The third-order valence-corrected chi connectivity index (χ3v) is 2.94. The number of H-pyrrole nitrogens is 1. The van der Waals surface area contributed by atoms with E-state index in [-0.39, 0.29) is 5.91 Å². The van der Waals surface area contributed by atoms with Crippen molar-refractivity contribution in [2.24, 2.45) is 5.84 Å². The first-order valence-corrected chi connectivity index (χ1v) is 5.94. The van der Waals surface area contributed by atoms with Crippen molar-refractivity contribution in [2.75, 3.05) is 0 Å². The van der Waals surface area contributed by atoms with E-state index in [0.29, 0.717) is 6.42 Å².